The maximum absolute atomic E-state index is 14.6. The van der Waals surface area contributed by atoms with Crippen molar-refractivity contribution in [1.29, 1.82) is 0 Å². The van der Waals surface area contributed by atoms with Gasteiger partial charge in [0.15, 0.2) is 0 Å². The Labute approximate surface area is 526 Å². The van der Waals surface area contributed by atoms with Crippen LogP contribution in [-0.2, 0) is 47.7 Å². The Balaban J connectivity index is 1.09. The van der Waals surface area contributed by atoms with Crippen molar-refractivity contribution in [3.8, 4) is 0 Å². The van der Waals surface area contributed by atoms with Gasteiger partial charge in [0.05, 0.1) is 36.0 Å². The largest absolute Gasteiger partial charge is 0.444 e. The third kappa shape index (κ3) is 20.7. The molecule has 4 aliphatic rings. The van der Waals surface area contributed by atoms with E-state index in [0.29, 0.717) is 56.0 Å². The number of rotatable bonds is 27. The van der Waals surface area contributed by atoms with Gasteiger partial charge in [0.25, 0.3) is 0 Å². The zero-order valence-corrected chi connectivity index (χ0v) is 56.1. The molecule has 20 nitrogen and oxygen atoms in total. The first-order chi connectivity index (χ1) is 40.8. The second kappa shape index (κ2) is 32.2. The molecular weight excluding hydrogens is 1150 g/mol. The zero-order chi connectivity index (χ0) is 64.6. The number of nitrogens with one attached hydrogen (secondary N) is 4. The lowest BCUT2D eigenvalue weighted by Crippen LogP contribution is -2.59. The van der Waals surface area contributed by atoms with Crippen molar-refractivity contribution < 1.29 is 57.3 Å². The molecular formula is C65H102N8O12S2. The Kier molecular flexibility index (Phi) is 26.7. The van der Waals surface area contributed by atoms with Gasteiger partial charge in [-0.2, -0.15) is 0 Å². The molecule has 0 aliphatic carbocycles. The highest BCUT2D eigenvalue weighted by molar-refractivity contribution is 8.00. The van der Waals surface area contributed by atoms with E-state index in [2.05, 4.69) is 27.8 Å². The number of allylic oxidation sites excluding steroid dienone is 3. The van der Waals surface area contributed by atoms with E-state index in [0.717, 1.165) is 44.1 Å². The van der Waals surface area contributed by atoms with Gasteiger partial charge >= 0.3 is 12.2 Å². The predicted molar refractivity (Wildman–Crippen MR) is 342 cm³/mol. The highest BCUT2D eigenvalue weighted by Crippen LogP contribution is 2.48. The fourth-order valence-electron chi connectivity index (χ4n) is 11.2. The third-order valence-corrected chi connectivity index (χ3v) is 18.8. The van der Waals surface area contributed by atoms with Crippen LogP contribution in [0.4, 0.5) is 9.59 Å². The number of amides is 8. The standard InChI is InChI=1S/C65H102N8O12S2/c1-17-18-24-29-42(2)48(68-56(76)52-64(11,12)38-50-72(52)58(78)46(32-36-86-50)66-54(74)43(3)70(15)60(80)84-62(5,6)7)40-82-34-27-21-19-20-22-28-35-83-41-49(45-30-25-23-26-31-45)69-57(77)53-65(13,14)39-51-73(53)59(79)47(33-37-87-51)67-55(75)44(4)71(16)61(81)85-63(8,9)10/h17-18,23-26,29-31,43-44,46-53H,2,19-22,27-28,32-41H2,1,3-16H3,(H,66,74)(H,67,75)(H,68,76)(H,69,77)/b18-17-,29-24-/t43-,44-,46-,47-,48+,49+,50-,51-,52+,53+/m0/s1. The first-order valence-electron chi connectivity index (χ1n) is 31.0. The summed E-state index contributed by atoms with van der Waals surface area (Å²) in [5.74, 6) is -1.06. The van der Waals surface area contributed by atoms with E-state index in [9.17, 15) is 38.4 Å². The minimum atomic E-state index is -0.917. The molecule has 87 heavy (non-hydrogen) atoms. The van der Waals surface area contributed by atoms with Crippen molar-refractivity contribution in [3.05, 3.63) is 72.4 Å². The first kappa shape index (κ1) is 72.2. The summed E-state index contributed by atoms with van der Waals surface area (Å²) < 4.78 is 23.4. The van der Waals surface area contributed by atoms with Gasteiger partial charge in [0.1, 0.15) is 47.5 Å². The van der Waals surface area contributed by atoms with Crippen LogP contribution in [0.25, 0.3) is 0 Å². The van der Waals surface area contributed by atoms with E-state index >= 15 is 0 Å². The SMILES string of the molecule is C=C(/C=C\C=C/C)[C@@H](COCCCCCCCCOC[C@@H](NC(=O)[C@H]1N2C(=O)[C@@H](NC(=O)[C@H](C)N(C)C(=O)OC(C)(C)C)CCS[C@H]2CC1(C)C)c1ccccc1)NC(=O)[C@H]1N2C(=O)[C@@H](NC(=O)[C@H](C)N(C)C(=O)OC(C)(C)C)CCS[C@H]2CC1(C)C. The molecule has 1 aromatic carbocycles. The van der Waals surface area contributed by atoms with E-state index in [4.69, 9.17) is 18.9 Å². The molecule has 0 radical (unpaired) electrons. The summed E-state index contributed by atoms with van der Waals surface area (Å²) >= 11 is 3.21. The quantitative estimate of drug-likeness (QED) is 0.0475. The molecule has 0 unspecified atom stereocenters. The maximum Gasteiger partial charge on any atom is 0.410 e. The van der Waals surface area contributed by atoms with E-state index in [-0.39, 0.29) is 47.6 Å². The normalized spacial score (nSPS) is 23.3. The molecule has 4 aliphatic heterocycles. The number of nitrogens with zero attached hydrogens (tertiary/aromatic N) is 4. The number of fused-ring (bicyclic) bond motifs is 2. The van der Waals surface area contributed by atoms with Gasteiger partial charge in [-0.25, -0.2) is 9.59 Å². The number of ether oxygens (including phenoxy) is 4. The van der Waals surface area contributed by atoms with E-state index < -0.39 is 94.4 Å². The molecule has 4 N–H and O–H groups in total. The van der Waals surface area contributed by atoms with Crippen molar-refractivity contribution in [1.82, 2.24) is 40.9 Å². The molecule has 0 spiro atoms. The maximum atomic E-state index is 14.6. The highest BCUT2D eigenvalue weighted by atomic mass is 32.2. The fourth-order valence-corrected chi connectivity index (χ4v) is 14.4. The summed E-state index contributed by atoms with van der Waals surface area (Å²) in [6.45, 7) is 29.2. The molecule has 5 rings (SSSR count). The number of hydrogen-bond donors (Lipinski definition) is 4. The minimum absolute atomic E-state index is 0.180. The second-order valence-corrected chi connectivity index (χ2v) is 29.4. The summed E-state index contributed by atoms with van der Waals surface area (Å²) in [7, 11) is 2.97. The zero-order valence-electron chi connectivity index (χ0n) is 54.5. The summed E-state index contributed by atoms with van der Waals surface area (Å²) in [6.07, 6.45) is 13.6. The number of thioether (sulfide) groups is 2. The molecule has 10 atom stereocenters. The monoisotopic (exact) mass is 1250 g/mol. The molecule has 0 aromatic heterocycles. The lowest BCUT2D eigenvalue weighted by Gasteiger charge is -2.35. The van der Waals surface area contributed by atoms with Gasteiger partial charge in [0.2, 0.25) is 35.4 Å². The van der Waals surface area contributed by atoms with Crippen molar-refractivity contribution >= 4 is 71.2 Å². The van der Waals surface area contributed by atoms with Crippen LogP contribution >= 0.6 is 23.5 Å². The van der Waals surface area contributed by atoms with Gasteiger partial charge in [0, 0.05) is 27.3 Å². The van der Waals surface area contributed by atoms with Gasteiger partial charge in [-0.05, 0) is 134 Å². The van der Waals surface area contributed by atoms with Crippen LogP contribution in [0, 0.1) is 10.8 Å². The third-order valence-electron chi connectivity index (χ3n) is 16.3. The van der Waals surface area contributed by atoms with Crippen LogP contribution in [0.2, 0.25) is 0 Å². The number of unbranched alkanes of at least 4 members (excludes halogenated alkanes) is 5. The predicted octanol–water partition coefficient (Wildman–Crippen LogP) is 9.05. The van der Waals surface area contributed by atoms with Crippen LogP contribution in [0.15, 0.2) is 66.8 Å². The molecule has 8 amide bonds. The number of likely N-dealkylation sites (N-methyl/N-ethyl adjacent to an activating group) is 2. The summed E-state index contributed by atoms with van der Waals surface area (Å²) in [5.41, 5.74) is -1.14. The van der Waals surface area contributed by atoms with Gasteiger partial charge in [-0.3, -0.25) is 38.6 Å². The average Bonchev–Trinajstić information content (AvgIpc) is 2.05. The minimum Gasteiger partial charge on any atom is -0.444 e. The molecule has 4 heterocycles. The molecule has 4 fully saturated rings. The average molecular weight is 1250 g/mol. The summed E-state index contributed by atoms with van der Waals surface area (Å²) in [4.78, 5) is 116. The number of carbonyl (C=O) groups is 8. The molecule has 4 saturated heterocycles. The Hall–Kier alpha value is -5.58. The number of benzene rings is 1. The van der Waals surface area contributed by atoms with E-state index in [1.807, 2.05) is 89.3 Å². The van der Waals surface area contributed by atoms with Crippen LogP contribution in [0.5, 0.6) is 0 Å². The summed E-state index contributed by atoms with van der Waals surface area (Å²) in [5, 5.41) is 11.7. The van der Waals surface area contributed by atoms with Crippen LogP contribution in [0.1, 0.15) is 166 Å². The Morgan fingerprint density at radius 1 is 0.667 bits per heavy atom. The van der Waals surface area contributed by atoms with Crippen molar-refractivity contribution in [3.63, 3.8) is 0 Å². The summed E-state index contributed by atoms with van der Waals surface area (Å²) in [6, 6.07) is 3.36. The topological polar surface area (TPSA) is 235 Å². The second-order valence-electron chi connectivity index (χ2n) is 26.8. The first-order valence-corrected chi connectivity index (χ1v) is 33.1. The molecule has 1 aromatic rings. The lowest BCUT2D eigenvalue weighted by molar-refractivity contribution is -0.144. The Bertz CT molecular complexity index is 2600. The molecule has 0 bridgehead atoms. The van der Waals surface area contributed by atoms with Gasteiger partial charge in [-0.15, -0.1) is 23.5 Å². The molecule has 486 valence electrons. The van der Waals surface area contributed by atoms with Crippen LogP contribution in [0.3, 0.4) is 0 Å². The Morgan fingerprint density at radius 3 is 1.53 bits per heavy atom. The fraction of sp³-hybridized carbons (Fsp3) is 0.692. The van der Waals surface area contributed by atoms with Crippen molar-refractivity contribution in [2.45, 2.75) is 225 Å². The van der Waals surface area contributed by atoms with Gasteiger partial charge in [-0.1, -0.05) is 115 Å². The van der Waals surface area contributed by atoms with Crippen LogP contribution < -0.4 is 21.3 Å². The van der Waals surface area contributed by atoms with Gasteiger partial charge < -0.3 is 50.0 Å². The molecule has 22 heteroatoms. The number of hydrogen-bond acceptors (Lipinski definition) is 14. The van der Waals surface area contributed by atoms with Crippen molar-refractivity contribution in [2.24, 2.45) is 10.8 Å². The lowest BCUT2D eigenvalue weighted by atomic mass is 9.83. The van der Waals surface area contributed by atoms with E-state index in [1.54, 1.807) is 88.7 Å². The van der Waals surface area contributed by atoms with Crippen LogP contribution in [-0.4, -0.2) is 184 Å². The smallest absolute Gasteiger partial charge is 0.410 e. The van der Waals surface area contributed by atoms with Crippen molar-refractivity contribution in [2.75, 3.05) is 52.0 Å². The highest BCUT2D eigenvalue weighted by Gasteiger charge is 2.56. The van der Waals surface area contributed by atoms with E-state index in [1.165, 1.54) is 23.9 Å². The molecule has 0 saturated carbocycles. The Morgan fingerprint density at radius 2 is 1.09 bits per heavy atom. The number of carbonyl (C=O) groups excluding carboxylic acids is 8.